The molecular weight excluding hydrogens is 320 g/mol. The summed E-state index contributed by atoms with van der Waals surface area (Å²) in [7, 11) is 0. The molecule has 0 aromatic carbocycles. The third-order valence-corrected chi connectivity index (χ3v) is 2.92. The standard InChI is InChI=1S/C8H16O3.C5H10O2.C3H8O2.H2O/c1-8(2,6-9)7-10-4-3-5-11-7;1-5(2,3-6)4-7;4-2-1-3-5;/h7,9H,3-6H2,1-2H3;3,7H,4H2,1-2H3;4-5H,1-3H2;1H2. The molecule has 1 saturated heterocycles. The summed E-state index contributed by atoms with van der Waals surface area (Å²) >= 11 is 0. The molecular formula is C16H36O8. The van der Waals surface area contributed by atoms with E-state index in [0.717, 1.165) is 25.9 Å². The Hall–Kier alpha value is -0.610. The van der Waals surface area contributed by atoms with Crippen molar-refractivity contribution in [2.75, 3.05) is 39.6 Å². The highest BCUT2D eigenvalue weighted by Gasteiger charge is 2.32. The zero-order valence-electron chi connectivity index (χ0n) is 15.3. The van der Waals surface area contributed by atoms with Gasteiger partial charge in [0.25, 0.3) is 0 Å². The van der Waals surface area contributed by atoms with Gasteiger partial charge in [-0.2, -0.15) is 0 Å². The minimum atomic E-state index is -0.542. The lowest BCUT2D eigenvalue weighted by Crippen LogP contribution is -2.40. The second-order valence-electron chi connectivity index (χ2n) is 6.64. The van der Waals surface area contributed by atoms with E-state index >= 15 is 0 Å². The first-order valence-corrected chi connectivity index (χ1v) is 7.83. The molecule has 148 valence electrons. The first kappa shape index (κ1) is 28.2. The summed E-state index contributed by atoms with van der Waals surface area (Å²) in [6, 6.07) is 0. The Kier molecular flexibility index (Phi) is 18.7. The lowest BCUT2D eigenvalue weighted by molar-refractivity contribution is -0.235. The normalized spacial score (nSPS) is 15.2. The Labute approximate surface area is 144 Å². The largest absolute Gasteiger partial charge is 0.412 e. The van der Waals surface area contributed by atoms with E-state index < -0.39 is 5.41 Å². The van der Waals surface area contributed by atoms with Gasteiger partial charge < -0.3 is 40.2 Å². The third-order valence-electron chi connectivity index (χ3n) is 2.92. The van der Waals surface area contributed by atoms with Gasteiger partial charge in [0.1, 0.15) is 6.29 Å². The lowest BCUT2D eigenvalue weighted by atomic mass is 9.94. The topological polar surface area (TPSA) is 148 Å². The van der Waals surface area contributed by atoms with Crippen molar-refractivity contribution in [3.63, 3.8) is 0 Å². The maximum atomic E-state index is 9.90. The molecule has 0 radical (unpaired) electrons. The van der Waals surface area contributed by atoms with Gasteiger partial charge in [-0.1, -0.05) is 27.7 Å². The summed E-state index contributed by atoms with van der Waals surface area (Å²) in [5.74, 6) is 0. The molecule has 8 nitrogen and oxygen atoms in total. The average Bonchev–Trinajstić information content (AvgIpc) is 2.57. The van der Waals surface area contributed by atoms with E-state index in [1.165, 1.54) is 0 Å². The van der Waals surface area contributed by atoms with Crippen molar-refractivity contribution in [3.05, 3.63) is 0 Å². The highest BCUT2D eigenvalue weighted by Crippen LogP contribution is 2.25. The molecule has 0 aromatic heterocycles. The summed E-state index contributed by atoms with van der Waals surface area (Å²) in [6.07, 6.45) is 1.96. The van der Waals surface area contributed by atoms with E-state index in [4.69, 9.17) is 29.9 Å². The van der Waals surface area contributed by atoms with Crippen LogP contribution in [-0.4, -0.2) is 78.1 Å². The molecule has 0 amide bonds. The van der Waals surface area contributed by atoms with E-state index in [9.17, 15) is 4.79 Å². The molecule has 1 aliphatic heterocycles. The molecule has 1 rings (SSSR count). The molecule has 24 heavy (non-hydrogen) atoms. The number of carbonyl (C=O) groups is 1. The van der Waals surface area contributed by atoms with Crippen LogP contribution >= 0.6 is 0 Å². The maximum Gasteiger partial charge on any atom is 0.164 e. The molecule has 1 aliphatic rings. The van der Waals surface area contributed by atoms with E-state index in [0.29, 0.717) is 6.42 Å². The van der Waals surface area contributed by atoms with Crippen LogP contribution in [0.25, 0.3) is 0 Å². The summed E-state index contributed by atoms with van der Waals surface area (Å²) in [4.78, 5) is 9.90. The highest BCUT2D eigenvalue weighted by molar-refractivity contribution is 5.57. The van der Waals surface area contributed by atoms with E-state index in [2.05, 4.69) is 0 Å². The van der Waals surface area contributed by atoms with Crippen LogP contribution in [0.2, 0.25) is 0 Å². The highest BCUT2D eigenvalue weighted by atomic mass is 16.7. The quantitative estimate of drug-likeness (QED) is 0.469. The zero-order valence-corrected chi connectivity index (χ0v) is 15.3. The Morgan fingerprint density at radius 3 is 1.62 bits per heavy atom. The molecule has 0 aliphatic carbocycles. The Morgan fingerprint density at radius 1 is 0.958 bits per heavy atom. The zero-order chi connectivity index (χ0) is 18.4. The number of aldehydes is 1. The minimum absolute atomic E-state index is 0. The molecule has 0 unspecified atom stereocenters. The minimum Gasteiger partial charge on any atom is -0.412 e. The first-order valence-electron chi connectivity index (χ1n) is 7.83. The number of aliphatic hydroxyl groups is 4. The van der Waals surface area contributed by atoms with Crippen LogP contribution in [0.1, 0.15) is 40.5 Å². The Bertz CT molecular complexity index is 273. The van der Waals surface area contributed by atoms with Gasteiger partial charge in [-0.25, -0.2) is 0 Å². The Morgan fingerprint density at radius 2 is 1.42 bits per heavy atom. The SMILES string of the molecule is CC(C)(C=O)CO.CC(C)(CO)C1OCCCO1.O.OCCCO. The smallest absolute Gasteiger partial charge is 0.164 e. The van der Waals surface area contributed by atoms with Gasteiger partial charge in [0.2, 0.25) is 0 Å². The van der Waals surface area contributed by atoms with Gasteiger partial charge >= 0.3 is 0 Å². The fourth-order valence-electron chi connectivity index (χ4n) is 1.12. The number of carbonyl (C=O) groups excluding carboxylic acids is 1. The fourth-order valence-corrected chi connectivity index (χ4v) is 1.12. The van der Waals surface area contributed by atoms with Crippen LogP contribution < -0.4 is 0 Å². The third kappa shape index (κ3) is 14.9. The molecule has 0 atom stereocenters. The van der Waals surface area contributed by atoms with Gasteiger partial charge in [0.15, 0.2) is 6.29 Å². The number of rotatable bonds is 6. The molecule has 0 saturated carbocycles. The average molecular weight is 356 g/mol. The van der Waals surface area contributed by atoms with Crippen molar-refractivity contribution in [3.8, 4) is 0 Å². The van der Waals surface area contributed by atoms with Crippen molar-refractivity contribution in [2.24, 2.45) is 10.8 Å². The number of ether oxygens (including phenoxy) is 2. The van der Waals surface area contributed by atoms with Crippen molar-refractivity contribution in [1.29, 1.82) is 0 Å². The lowest BCUT2D eigenvalue weighted by Gasteiger charge is -2.34. The van der Waals surface area contributed by atoms with Gasteiger partial charge in [-0.15, -0.1) is 0 Å². The molecule has 0 aromatic rings. The molecule has 8 heteroatoms. The molecule has 1 heterocycles. The van der Waals surface area contributed by atoms with Gasteiger partial charge in [0.05, 0.1) is 26.4 Å². The summed E-state index contributed by atoms with van der Waals surface area (Å²) in [5.41, 5.74) is -0.819. The van der Waals surface area contributed by atoms with Crippen LogP contribution in [0.5, 0.6) is 0 Å². The van der Waals surface area contributed by atoms with Crippen molar-refractivity contribution < 1.29 is 40.2 Å². The molecule has 1 fully saturated rings. The summed E-state index contributed by atoms with van der Waals surface area (Å²) in [5, 5.41) is 33.2. The second kappa shape index (κ2) is 15.9. The molecule has 6 N–H and O–H groups in total. The van der Waals surface area contributed by atoms with E-state index in [1.807, 2.05) is 13.8 Å². The van der Waals surface area contributed by atoms with Gasteiger partial charge in [-0.05, 0) is 12.8 Å². The van der Waals surface area contributed by atoms with E-state index in [1.54, 1.807) is 13.8 Å². The monoisotopic (exact) mass is 356 g/mol. The number of hydrogen-bond acceptors (Lipinski definition) is 7. The Balaban J connectivity index is -0.000000296. The van der Waals surface area contributed by atoms with Crippen LogP contribution in [-0.2, 0) is 14.3 Å². The van der Waals surface area contributed by atoms with Gasteiger partial charge in [0, 0.05) is 24.0 Å². The van der Waals surface area contributed by atoms with Crippen LogP contribution in [0, 0.1) is 10.8 Å². The fraction of sp³-hybridized carbons (Fsp3) is 0.938. The van der Waals surface area contributed by atoms with Crippen molar-refractivity contribution >= 4 is 6.29 Å². The first-order chi connectivity index (χ1) is 10.7. The van der Waals surface area contributed by atoms with Crippen molar-refractivity contribution in [1.82, 2.24) is 0 Å². The second-order valence-corrected chi connectivity index (χ2v) is 6.64. The number of hydrogen-bond donors (Lipinski definition) is 4. The predicted octanol–water partition coefficient (Wildman–Crippen LogP) is -0.492. The maximum absolute atomic E-state index is 9.90. The molecule has 0 spiro atoms. The van der Waals surface area contributed by atoms with Crippen molar-refractivity contribution in [2.45, 2.75) is 46.8 Å². The summed E-state index contributed by atoms with van der Waals surface area (Å²) < 4.78 is 10.7. The van der Waals surface area contributed by atoms with Crippen LogP contribution in [0.15, 0.2) is 0 Å². The van der Waals surface area contributed by atoms with Crippen LogP contribution in [0.3, 0.4) is 0 Å². The number of aliphatic hydroxyl groups excluding tert-OH is 4. The predicted molar refractivity (Wildman–Crippen MR) is 90.5 cm³/mol. The van der Waals surface area contributed by atoms with E-state index in [-0.39, 0.29) is 43.6 Å². The summed E-state index contributed by atoms with van der Waals surface area (Å²) in [6.45, 7) is 8.93. The van der Waals surface area contributed by atoms with Crippen LogP contribution in [0.4, 0.5) is 0 Å². The molecule has 0 bridgehead atoms. The van der Waals surface area contributed by atoms with Gasteiger partial charge in [-0.3, -0.25) is 0 Å².